The van der Waals surface area contributed by atoms with Gasteiger partial charge in [-0.25, -0.2) is 4.98 Å². The molecule has 0 bridgehead atoms. The molecule has 0 aliphatic rings. The summed E-state index contributed by atoms with van der Waals surface area (Å²) in [6.07, 6.45) is 3.40. The van der Waals surface area contributed by atoms with Gasteiger partial charge < -0.3 is 10.2 Å². The first-order valence-corrected chi connectivity index (χ1v) is 4.99. The second kappa shape index (κ2) is 4.17. The molecule has 0 unspecified atom stereocenters. The molecule has 0 aliphatic carbocycles. The van der Waals surface area contributed by atoms with Crippen LogP contribution in [-0.4, -0.2) is 4.98 Å². The van der Waals surface area contributed by atoms with Crippen LogP contribution in [0.5, 0.6) is 0 Å². The Kier molecular flexibility index (Phi) is 2.72. The normalized spacial score (nSPS) is 10.5. The number of oxazole rings is 1. The van der Waals surface area contributed by atoms with Crippen LogP contribution >= 0.6 is 0 Å². The maximum Gasteiger partial charge on any atom is 0.194 e. The molecule has 0 aliphatic heterocycles. The predicted octanol–water partition coefficient (Wildman–Crippen LogP) is 2.35. The fourth-order valence-corrected chi connectivity index (χ4v) is 1.52. The van der Waals surface area contributed by atoms with Crippen LogP contribution in [-0.2, 0) is 12.8 Å². The lowest BCUT2D eigenvalue weighted by Crippen LogP contribution is -1.93. The largest absolute Gasteiger partial charge is 0.449 e. The smallest absolute Gasteiger partial charge is 0.194 e. The Morgan fingerprint density at radius 1 is 1.33 bits per heavy atom. The molecule has 78 valence electrons. The Morgan fingerprint density at radius 3 is 2.87 bits per heavy atom. The molecule has 2 rings (SSSR count). The highest BCUT2D eigenvalue weighted by Crippen LogP contribution is 2.10. The van der Waals surface area contributed by atoms with Gasteiger partial charge in [0.15, 0.2) is 5.89 Å². The van der Waals surface area contributed by atoms with Crippen LogP contribution in [0.2, 0.25) is 0 Å². The molecular weight excluding hydrogens is 188 g/mol. The average Bonchev–Trinajstić information content (AvgIpc) is 2.62. The summed E-state index contributed by atoms with van der Waals surface area (Å²) < 4.78 is 5.27. The summed E-state index contributed by atoms with van der Waals surface area (Å²) >= 11 is 0. The number of nitrogens with two attached hydrogens (primary N) is 1. The topological polar surface area (TPSA) is 52.0 Å². The van der Waals surface area contributed by atoms with E-state index in [1.807, 2.05) is 25.1 Å². The molecule has 0 saturated heterocycles. The minimum atomic E-state index is 0.787. The van der Waals surface area contributed by atoms with E-state index >= 15 is 0 Å². The van der Waals surface area contributed by atoms with Crippen molar-refractivity contribution >= 4 is 5.69 Å². The van der Waals surface area contributed by atoms with Crippen LogP contribution in [0.3, 0.4) is 0 Å². The minimum Gasteiger partial charge on any atom is -0.449 e. The Morgan fingerprint density at radius 2 is 2.20 bits per heavy atom. The monoisotopic (exact) mass is 202 g/mol. The molecular formula is C12H14N2O. The molecule has 2 N–H and O–H groups in total. The van der Waals surface area contributed by atoms with Gasteiger partial charge in [0.25, 0.3) is 0 Å². The van der Waals surface area contributed by atoms with E-state index in [0.717, 1.165) is 30.1 Å². The van der Waals surface area contributed by atoms with E-state index in [2.05, 4.69) is 11.1 Å². The van der Waals surface area contributed by atoms with Crippen molar-refractivity contribution in [1.82, 2.24) is 4.98 Å². The summed E-state index contributed by atoms with van der Waals surface area (Å²) in [6.45, 7) is 1.92. The lowest BCUT2D eigenvalue weighted by atomic mass is 10.1. The first kappa shape index (κ1) is 9.77. The van der Waals surface area contributed by atoms with E-state index in [9.17, 15) is 0 Å². The number of nitrogen functional groups attached to an aromatic ring is 1. The van der Waals surface area contributed by atoms with Gasteiger partial charge in [0.05, 0.1) is 5.69 Å². The highest BCUT2D eigenvalue weighted by molar-refractivity contribution is 5.40. The standard InChI is InChI=1S/C12H14N2O/c1-9-8-15-12(14-9)6-5-10-3-2-4-11(13)7-10/h2-4,7-8H,5-6,13H2,1H3. The molecule has 0 radical (unpaired) electrons. The molecule has 1 heterocycles. The molecule has 1 aromatic carbocycles. The van der Waals surface area contributed by atoms with Crippen molar-refractivity contribution in [3.05, 3.63) is 47.7 Å². The molecule has 2 aromatic rings. The molecule has 0 spiro atoms. The summed E-state index contributed by atoms with van der Waals surface area (Å²) in [5, 5.41) is 0. The highest BCUT2D eigenvalue weighted by atomic mass is 16.3. The third-order valence-corrected chi connectivity index (χ3v) is 2.25. The fraction of sp³-hybridized carbons (Fsp3) is 0.250. The average molecular weight is 202 g/mol. The first-order valence-electron chi connectivity index (χ1n) is 4.99. The van der Waals surface area contributed by atoms with Gasteiger partial charge in [-0.15, -0.1) is 0 Å². The summed E-state index contributed by atoms with van der Waals surface area (Å²) in [5.74, 6) is 0.787. The number of aryl methyl sites for hydroxylation is 3. The highest BCUT2D eigenvalue weighted by Gasteiger charge is 2.01. The van der Waals surface area contributed by atoms with Crippen LogP contribution in [0.1, 0.15) is 17.1 Å². The van der Waals surface area contributed by atoms with E-state index in [-0.39, 0.29) is 0 Å². The van der Waals surface area contributed by atoms with Crippen molar-refractivity contribution in [1.29, 1.82) is 0 Å². The van der Waals surface area contributed by atoms with Gasteiger partial charge in [0.1, 0.15) is 6.26 Å². The Labute approximate surface area is 88.9 Å². The first-order chi connectivity index (χ1) is 7.24. The zero-order chi connectivity index (χ0) is 10.7. The Hall–Kier alpha value is -1.77. The van der Waals surface area contributed by atoms with Crippen LogP contribution in [0.25, 0.3) is 0 Å². The quantitative estimate of drug-likeness (QED) is 0.777. The number of anilines is 1. The lowest BCUT2D eigenvalue weighted by Gasteiger charge is -1.99. The third kappa shape index (κ3) is 2.59. The zero-order valence-electron chi connectivity index (χ0n) is 8.73. The molecule has 0 amide bonds. The van der Waals surface area contributed by atoms with Gasteiger partial charge in [-0.05, 0) is 31.0 Å². The molecule has 0 atom stereocenters. The number of rotatable bonds is 3. The number of aromatic nitrogens is 1. The maximum atomic E-state index is 5.69. The van der Waals surface area contributed by atoms with Gasteiger partial charge >= 0.3 is 0 Å². The van der Waals surface area contributed by atoms with E-state index in [1.165, 1.54) is 5.56 Å². The molecule has 1 aromatic heterocycles. The maximum absolute atomic E-state index is 5.69. The summed E-state index contributed by atoms with van der Waals surface area (Å²) in [5.41, 5.74) is 8.64. The molecule has 0 saturated carbocycles. The van der Waals surface area contributed by atoms with Crippen LogP contribution in [0, 0.1) is 6.92 Å². The zero-order valence-corrected chi connectivity index (χ0v) is 8.73. The number of benzene rings is 1. The SMILES string of the molecule is Cc1coc(CCc2cccc(N)c2)n1. The van der Waals surface area contributed by atoms with Gasteiger partial charge in [0, 0.05) is 12.1 Å². The number of hydrogen-bond donors (Lipinski definition) is 1. The Balaban J connectivity index is 1.99. The second-order valence-corrected chi connectivity index (χ2v) is 3.63. The van der Waals surface area contributed by atoms with Crippen LogP contribution < -0.4 is 5.73 Å². The predicted molar refractivity (Wildman–Crippen MR) is 59.5 cm³/mol. The third-order valence-electron chi connectivity index (χ3n) is 2.25. The lowest BCUT2D eigenvalue weighted by molar-refractivity contribution is 0.493. The Bertz CT molecular complexity index is 448. The van der Waals surface area contributed by atoms with Crippen molar-refractivity contribution in [2.45, 2.75) is 19.8 Å². The number of hydrogen-bond acceptors (Lipinski definition) is 3. The minimum absolute atomic E-state index is 0.787. The second-order valence-electron chi connectivity index (χ2n) is 3.63. The fourth-order valence-electron chi connectivity index (χ4n) is 1.52. The van der Waals surface area contributed by atoms with Gasteiger partial charge in [-0.2, -0.15) is 0 Å². The van der Waals surface area contributed by atoms with Crippen LogP contribution in [0.4, 0.5) is 5.69 Å². The van der Waals surface area contributed by atoms with Gasteiger partial charge in [-0.1, -0.05) is 12.1 Å². The molecule has 3 heteroatoms. The summed E-state index contributed by atoms with van der Waals surface area (Å²) in [6, 6.07) is 7.90. The van der Waals surface area contributed by atoms with Crippen molar-refractivity contribution < 1.29 is 4.42 Å². The molecule has 3 nitrogen and oxygen atoms in total. The van der Waals surface area contributed by atoms with Crippen molar-refractivity contribution in [3.63, 3.8) is 0 Å². The summed E-state index contributed by atoms with van der Waals surface area (Å²) in [7, 11) is 0. The van der Waals surface area contributed by atoms with Crippen LogP contribution in [0.15, 0.2) is 34.9 Å². The van der Waals surface area contributed by atoms with E-state index < -0.39 is 0 Å². The molecule has 15 heavy (non-hydrogen) atoms. The van der Waals surface area contributed by atoms with Gasteiger partial charge in [0.2, 0.25) is 0 Å². The van der Waals surface area contributed by atoms with E-state index in [4.69, 9.17) is 10.2 Å². The van der Waals surface area contributed by atoms with Crippen molar-refractivity contribution in [3.8, 4) is 0 Å². The van der Waals surface area contributed by atoms with E-state index in [1.54, 1.807) is 6.26 Å². The van der Waals surface area contributed by atoms with Crippen molar-refractivity contribution in [2.24, 2.45) is 0 Å². The number of nitrogens with zero attached hydrogens (tertiary/aromatic N) is 1. The summed E-state index contributed by atoms with van der Waals surface area (Å²) in [4.78, 5) is 4.25. The van der Waals surface area contributed by atoms with Crippen molar-refractivity contribution in [2.75, 3.05) is 5.73 Å². The van der Waals surface area contributed by atoms with Gasteiger partial charge in [-0.3, -0.25) is 0 Å². The molecule has 0 fully saturated rings. The van der Waals surface area contributed by atoms with E-state index in [0.29, 0.717) is 0 Å².